The summed E-state index contributed by atoms with van der Waals surface area (Å²) >= 11 is 0. The molecule has 21 heavy (non-hydrogen) atoms. The summed E-state index contributed by atoms with van der Waals surface area (Å²) in [5.74, 6) is -1.78. The zero-order chi connectivity index (χ0) is 15.5. The van der Waals surface area contributed by atoms with E-state index in [9.17, 15) is 13.6 Å². The van der Waals surface area contributed by atoms with Crippen molar-refractivity contribution in [1.82, 2.24) is 4.90 Å². The van der Waals surface area contributed by atoms with Crippen LogP contribution in [0, 0.1) is 11.6 Å². The molecule has 1 aromatic rings. The number of halogens is 2. The van der Waals surface area contributed by atoms with Crippen molar-refractivity contribution in [3.8, 4) is 0 Å². The molecule has 0 bridgehead atoms. The number of carbonyl (C=O) groups is 1. The van der Waals surface area contributed by atoms with Crippen LogP contribution in [0.5, 0.6) is 0 Å². The molecule has 1 aliphatic carbocycles. The average Bonchev–Trinajstić information content (AvgIpc) is 2.86. The minimum Gasteiger partial charge on any atom is -0.339 e. The molecule has 1 saturated carbocycles. The minimum absolute atomic E-state index is 0.0216. The van der Waals surface area contributed by atoms with E-state index < -0.39 is 17.2 Å². The smallest absolute Gasteiger partial charge is 0.224 e. The molecule has 5 heteroatoms. The topological polar surface area (TPSA) is 46.3 Å². The minimum atomic E-state index is -0.887. The number of hydrogen-bond acceptors (Lipinski definition) is 2. The molecule has 3 nitrogen and oxygen atoms in total. The summed E-state index contributed by atoms with van der Waals surface area (Å²) in [4.78, 5) is 14.0. The Kier molecular flexibility index (Phi) is 4.93. The lowest BCUT2D eigenvalue weighted by Gasteiger charge is -2.28. The van der Waals surface area contributed by atoms with Crippen LogP contribution in [0.15, 0.2) is 18.2 Å². The van der Waals surface area contributed by atoms with E-state index in [4.69, 9.17) is 5.73 Å². The van der Waals surface area contributed by atoms with Gasteiger partial charge >= 0.3 is 0 Å². The maximum absolute atomic E-state index is 13.2. The van der Waals surface area contributed by atoms with E-state index >= 15 is 0 Å². The van der Waals surface area contributed by atoms with E-state index in [-0.39, 0.29) is 12.5 Å². The molecule has 0 aliphatic heterocycles. The normalized spacial score (nSPS) is 17.0. The molecule has 0 heterocycles. The van der Waals surface area contributed by atoms with Crippen molar-refractivity contribution in [2.75, 3.05) is 6.54 Å². The summed E-state index contributed by atoms with van der Waals surface area (Å²) in [6.07, 6.45) is 4.21. The van der Waals surface area contributed by atoms with Gasteiger partial charge in [-0.3, -0.25) is 4.79 Å². The molecule has 0 spiro atoms. The molecule has 2 rings (SSSR count). The third-order valence-electron chi connectivity index (χ3n) is 4.19. The van der Waals surface area contributed by atoms with Gasteiger partial charge in [0, 0.05) is 25.0 Å². The first kappa shape index (κ1) is 15.9. The standard InChI is InChI=1S/C16H22F2N2O/c1-2-20(11-12-5-6-13(17)14(18)9-12)15(21)10-16(19)7-3-4-8-16/h5-6,9H,2-4,7-8,10-11,19H2,1H3. The third kappa shape index (κ3) is 4.00. The highest BCUT2D eigenvalue weighted by Gasteiger charge is 2.33. The van der Waals surface area contributed by atoms with Crippen LogP contribution in [0.25, 0.3) is 0 Å². The van der Waals surface area contributed by atoms with Gasteiger partial charge in [-0.15, -0.1) is 0 Å². The molecule has 0 aromatic heterocycles. The van der Waals surface area contributed by atoms with Gasteiger partial charge in [0.1, 0.15) is 0 Å². The number of hydrogen-bond donors (Lipinski definition) is 1. The van der Waals surface area contributed by atoms with Gasteiger partial charge in [0.25, 0.3) is 0 Å². The Balaban J connectivity index is 2.01. The van der Waals surface area contributed by atoms with E-state index in [1.165, 1.54) is 6.07 Å². The molecule has 0 atom stereocenters. The molecule has 0 radical (unpaired) electrons. The predicted molar refractivity (Wildman–Crippen MR) is 77.5 cm³/mol. The fourth-order valence-electron chi connectivity index (χ4n) is 2.90. The molecule has 1 aliphatic rings. The van der Waals surface area contributed by atoms with Crippen molar-refractivity contribution in [1.29, 1.82) is 0 Å². The summed E-state index contributed by atoms with van der Waals surface area (Å²) in [6.45, 7) is 2.67. The van der Waals surface area contributed by atoms with Crippen LogP contribution in [0.4, 0.5) is 8.78 Å². The average molecular weight is 296 g/mol. The van der Waals surface area contributed by atoms with E-state index in [0.717, 1.165) is 37.8 Å². The second-order valence-corrected chi connectivity index (χ2v) is 5.90. The Morgan fingerprint density at radius 2 is 1.95 bits per heavy atom. The van der Waals surface area contributed by atoms with Crippen molar-refractivity contribution < 1.29 is 13.6 Å². The molecular weight excluding hydrogens is 274 g/mol. The summed E-state index contributed by atoms with van der Waals surface area (Å²) < 4.78 is 26.2. The van der Waals surface area contributed by atoms with E-state index in [1.807, 2.05) is 6.92 Å². The Labute approximate surface area is 124 Å². The Hall–Kier alpha value is -1.49. The first-order valence-corrected chi connectivity index (χ1v) is 7.44. The summed E-state index contributed by atoms with van der Waals surface area (Å²) in [7, 11) is 0. The molecule has 0 saturated heterocycles. The van der Waals surface area contributed by atoms with Gasteiger partial charge in [-0.05, 0) is 37.5 Å². The summed E-state index contributed by atoms with van der Waals surface area (Å²) in [6, 6.07) is 3.73. The van der Waals surface area contributed by atoms with Crippen molar-refractivity contribution in [2.45, 2.75) is 51.1 Å². The van der Waals surface area contributed by atoms with Gasteiger partial charge < -0.3 is 10.6 Å². The van der Waals surface area contributed by atoms with Crippen molar-refractivity contribution in [3.63, 3.8) is 0 Å². The second kappa shape index (κ2) is 6.52. The number of carbonyl (C=O) groups excluding carboxylic acids is 1. The Morgan fingerprint density at radius 3 is 2.52 bits per heavy atom. The van der Waals surface area contributed by atoms with Crippen LogP contribution >= 0.6 is 0 Å². The molecule has 1 fully saturated rings. The zero-order valence-electron chi connectivity index (χ0n) is 12.4. The Bertz CT molecular complexity index is 513. The first-order chi connectivity index (χ1) is 9.93. The van der Waals surface area contributed by atoms with E-state index in [1.54, 1.807) is 4.90 Å². The molecule has 2 N–H and O–H groups in total. The predicted octanol–water partition coefficient (Wildman–Crippen LogP) is 2.97. The van der Waals surface area contributed by atoms with Gasteiger partial charge in [0.05, 0.1) is 0 Å². The number of benzene rings is 1. The molecule has 116 valence electrons. The third-order valence-corrected chi connectivity index (χ3v) is 4.19. The van der Waals surface area contributed by atoms with Crippen molar-refractivity contribution in [3.05, 3.63) is 35.4 Å². The number of amides is 1. The van der Waals surface area contributed by atoms with Crippen LogP contribution in [-0.2, 0) is 11.3 Å². The summed E-state index contributed by atoms with van der Waals surface area (Å²) in [5, 5.41) is 0. The van der Waals surface area contributed by atoms with Crippen molar-refractivity contribution >= 4 is 5.91 Å². The first-order valence-electron chi connectivity index (χ1n) is 7.44. The van der Waals surface area contributed by atoms with Crippen LogP contribution in [-0.4, -0.2) is 22.9 Å². The number of nitrogens with zero attached hydrogens (tertiary/aromatic N) is 1. The fraction of sp³-hybridized carbons (Fsp3) is 0.562. The molecule has 1 aromatic carbocycles. The molecule has 1 amide bonds. The van der Waals surface area contributed by atoms with Crippen LogP contribution < -0.4 is 5.73 Å². The maximum Gasteiger partial charge on any atom is 0.224 e. The lowest BCUT2D eigenvalue weighted by atomic mass is 9.94. The molecular formula is C16H22F2N2O. The lowest BCUT2D eigenvalue weighted by Crippen LogP contribution is -2.43. The Morgan fingerprint density at radius 1 is 1.29 bits per heavy atom. The van der Waals surface area contributed by atoms with Crippen molar-refractivity contribution in [2.24, 2.45) is 5.73 Å². The van der Waals surface area contributed by atoms with Gasteiger partial charge in [-0.2, -0.15) is 0 Å². The van der Waals surface area contributed by atoms with E-state index in [2.05, 4.69) is 0 Å². The van der Waals surface area contributed by atoms with Gasteiger partial charge in [0.2, 0.25) is 5.91 Å². The fourth-order valence-corrected chi connectivity index (χ4v) is 2.90. The molecule has 0 unspecified atom stereocenters. The van der Waals surface area contributed by atoms with Crippen LogP contribution in [0.3, 0.4) is 0 Å². The van der Waals surface area contributed by atoms with Gasteiger partial charge in [0.15, 0.2) is 11.6 Å². The quantitative estimate of drug-likeness (QED) is 0.908. The van der Waals surface area contributed by atoms with E-state index in [0.29, 0.717) is 18.5 Å². The zero-order valence-corrected chi connectivity index (χ0v) is 12.4. The largest absolute Gasteiger partial charge is 0.339 e. The summed E-state index contributed by atoms with van der Waals surface area (Å²) in [5.41, 5.74) is 6.43. The number of rotatable bonds is 5. The van der Waals surface area contributed by atoms with Gasteiger partial charge in [-0.1, -0.05) is 18.9 Å². The lowest BCUT2D eigenvalue weighted by molar-refractivity contribution is -0.132. The van der Waals surface area contributed by atoms with Crippen LogP contribution in [0.1, 0.15) is 44.6 Å². The maximum atomic E-state index is 13.2. The van der Waals surface area contributed by atoms with Crippen LogP contribution in [0.2, 0.25) is 0 Å². The number of nitrogens with two attached hydrogens (primary N) is 1. The SMILES string of the molecule is CCN(Cc1ccc(F)c(F)c1)C(=O)CC1(N)CCCC1. The highest BCUT2D eigenvalue weighted by molar-refractivity contribution is 5.77. The highest BCUT2D eigenvalue weighted by Crippen LogP contribution is 2.30. The highest BCUT2D eigenvalue weighted by atomic mass is 19.2. The monoisotopic (exact) mass is 296 g/mol. The van der Waals surface area contributed by atoms with Gasteiger partial charge in [-0.25, -0.2) is 8.78 Å². The second-order valence-electron chi connectivity index (χ2n) is 5.90.